The second-order valence-corrected chi connectivity index (χ2v) is 2.10. The molecular weight excluding hydrogens is 148 g/mol. The van der Waals surface area contributed by atoms with Crippen LogP contribution in [0.5, 0.6) is 0 Å². The van der Waals surface area contributed by atoms with E-state index in [9.17, 15) is 4.79 Å². The summed E-state index contributed by atoms with van der Waals surface area (Å²) in [5, 5.41) is 6.69. The first kappa shape index (κ1) is 9.37. The molecule has 0 aromatic rings. The van der Waals surface area contributed by atoms with E-state index in [0.717, 1.165) is 6.08 Å². The van der Waals surface area contributed by atoms with Gasteiger partial charge in [0.25, 0.3) is 0 Å². The molecule has 5 heteroatoms. The summed E-state index contributed by atoms with van der Waals surface area (Å²) in [5.41, 5.74) is 0. The molecule has 0 rings (SSSR count). The van der Waals surface area contributed by atoms with Gasteiger partial charge in [-0.05, 0) is 6.32 Å². The lowest BCUT2D eigenvalue weighted by molar-refractivity contribution is -0.137. The van der Waals surface area contributed by atoms with E-state index in [0.29, 0.717) is 21.2 Å². The van der Waals surface area contributed by atoms with Gasteiger partial charge in [0.15, 0.2) is 0 Å². The molecule has 0 fully saturated rings. The minimum atomic E-state index is -0.407. The molecular formula is C5H8BNO2P. The quantitative estimate of drug-likeness (QED) is 0.215. The number of ether oxygens (including phenoxy) is 1. The molecule has 0 aliphatic carbocycles. The molecule has 1 N–H and O–H groups in total. The van der Waals surface area contributed by atoms with Gasteiger partial charge in [-0.25, -0.2) is 4.79 Å². The van der Waals surface area contributed by atoms with E-state index in [4.69, 9.17) is 5.16 Å². The Balaban J connectivity index is 3.11. The maximum Gasteiger partial charge on any atom is 0.330 e. The Hall–Kier alpha value is -0.625. The first-order valence-corrected chi connectivity index (χ1v) is 3.75. The van der Waals surface area contributed by atoms with Gasteiger partial charge in [0.1, 0.15) is 0 Å². The third-order valence-electron chi connectivity index (χ3n) is 0.749. The van der Waals surface area contributed by atoms with Gasteiger partial charge < -0.3 is 4.74 Å². The summed E-state index contributed by atoms with van der Waals surface area (Å²) >= 11 is 0. The average molecular weight is 156 g/mol. The third-order valence-corrected chi connectivity index (χ3v) is 1.19. The van der Waals surface area contributed by atoms with Crippen molar-refractivity contribution in [2.45, 2.75) is 6.32 Å². The standard InChI is InChI=1S/C5H8BNO2P/c1-2-5(8)9-4-3-6-10-7/h2,7H,1,3-4H2. The van der Waals surface area contributed by atoms with Crippen LogP contribution in [-0.2, 0) is 9.53 Å². The minimum absolute atomic E-state index is 0.344. The molecule has 0 aliphatic rings. The van der Waals surface area contributed by atoms with E-state index in [1.807, 2.05) is 0 Å². The molecule has 53 valence electrons. The second kappa shape index (κ2) is 6.49. The van der Waals surface area contributed by atoms with Crippen molar-refractivity contribution in [2.75, 3.05) is 6.61 Å². The SMILES string of the molecule is C=CC(=O)OCC[B]P=N. The molecule has 0 aromatic carbocycles. The summed E-state index contributed by atoms with van der Waals surface area (Å²) in [5.74, 6) is -0.407. The van der Waals surface area contributed by atoms with E-state index in [1.54, 1.807) is 7.00 Å². The van der Waals surface area contributed by atoms with Gasteiger partial charge in [-0.15, -0.1) is 0 Å². The Morgan fingerprint density at radius 2 is 2.60 bits per heavy atom. The van der Waals surface area contributed by atoms with Crippen molar-refractivity contribution < 1.29 is 9.53 Å². The Morgan fingerprint density at radius 3 is 3.10 bits per heavy atom. The van der Waals surface area contributed by atoms with Crippen molar-refractivity contribution in [3.63, 3.8) is 0 Å². The fraction of sp³-hybridized carbons (Fsp3) is 0.400. The van der Waals surface area contributed by atoms with Crippen LogP contribution in [0.3, 0.4) is 0 Å². The third kappa shape index (κ3) is 5.51. The summed E-state index contributed by atoms with van der Waals surface area (Å²) in [7, 11) is 0.469. The van der Waals surface area contributed by atoms with Crippen LogP contribution in [0.1, 0.15) is 0 Å². The van der Waals surface area contributed by atoms with E-state index < -0.39 is 5.97 Å². The zero-order valence-electron chi connectivity index (χ0n) is 5.54. The summed E-state index contributed by atoms with van der Waals surface area (Å²) in [6.07, 6.45) is 1.75. The summed E-state index contributed by atoms with van der Waals surface area (Å²) in [6, 6.07) is 0. The van der Waals surface area contributed by atoms with Crippen LogP contribution >= 0.6 is 8.25 Å². The Kier molecular flexibility index (Phi) is 6.09. The van der Waals surface area contributed by atoms with Crippen LogP contribution in [0.15, 0.2) is 12.7 Å². The maximum absolute atomic E-state index is 10.4. The lowest BCUT2D eigenvalue weighted by Gasteiger charge is -1.96. The van der Waals surface area contributed by atoms with Gasteiger partial charge in [-0.2, -0.15) is 0 Å². The summed E-state index contributed by atoms with van der Waals surface area (Å²) in [6.45, 7) is 5.28. The molecule has 0 unspecified atom stereocenters. The van der Waals surface area contributed by atoms with Gasteiger partial charge in [0.05, 0.1) is 6.61 Å². The van der Waals surface area contributed by atoms with Gasteiger partial charge in [0.2, 0.25) is 7.00 Å². The van der Waals surface area contributed by atoms with Gasteiger partial charge >= 0.3 is 5.97 Å². The van der Waals surface area contributed by atoms with Crippen LogP contribution in [0.4, 0.5) is 0 Å². The zero-order valence-corrected chi connectivity index (χ0v) is 6.43. The van der Waals surface area contributed by atoms with Crippen molar-refractivity contribution in [1.82, 2.24) is 0 Å². The van der Waals surface area contributed by atoms with Crippen LogP contribution in [-0.4, -0.2) is 19.6 Å². The highest BCUT2D eigenvalue weighted by atomic mass is 31.1. The molecule has 0 heterocycles. The Morgan fingerprint density at radius 1 is 1.90 bits per heavy atom. The predicted octanol–water partition coefficient (Wildman–Crippen LogP) is 1.46. The number of carbonyl (C=O) groups excluding carboxylic acids is 1. The number of nitrogens with one attached hydrogen (secondary N) is 1. The number of hydrogen-bond acceptors (Lipinski definition) is 3. The number of rotatable bonds is 5. The van der Waals surface area contributed by atoms with Gasteiger partial charge in [0, 0.05) is 6.08 Å². The predicted molar refractivity (Wildman–Crippen MR) is 41.4 cm³/mol. The van der Waals surface area contributed by atoms with Gasteiger partial charge in [-0.3, -0.25) is 5.16 Å². The number of hydrogen-bond donors (Lipinski definition) is 1. The molecule has 0 atom stereocenters. The summed E-state index contributed by atoms with van der Waals surface area (Å²) in [4.78, 5) is 10.4. The fourth-order valence-electron chi connectivity index (χ4n) is 0.336. The zero-order chi connectivity index (χ0) is 7.82. The lowest BCUT2D eigenvalue weighted by atomic mass is 10.0. The molecule has 10 heavy (non-hydrogen) atoms. The van der Waals surface area contributed by atoms with E-state index in [-0.39, 0.29) is 0 Å². The minimum Gasteiger partial charge on any atom is -0.463 e. The molecule has 1 radical (unpaired) electrons. The topological polar surface area (TPSA) is 50.2 Å². The smallest absolute Gasteiger partial charge is 0.330 e. The molecule has 0 spiro atoms. The lowest BCUT2D eigenvalue weighted by Crippen LogP contribution is -2.01. The van der Waals surface area contributed by atoms with Crippen molar-refractivity contribution in [1.29, 1.82) is 5.16 Å². The number of esters is 1. The molecule has 0 bridgehead atoms. The molecule has 0 aromatic heterocycles. The number of carbonyl (C=O) groups is 1. The van der Waals surface area contributed by atoms with Crippen LogP contribution < -0.4 is 0 Å². The van der Waals surface area contributed by atoms with Crippen molar-refractivity contribution in [3.05, 3.63) is 12.7 Å². The molecule has 0 saturated heterocycles. The monoisotopic (exact) mass is 156 g/mol. The molecule has 3 nitrogen and oxygen atoms in total. The largest absolute Gasteiger partial charge is 0.463 e. The van der Waals surface area contributed by atoms with E-state index in [1.165, 1.54) is 0 Å². The van der Waals surface area contributed by atoms with Crippen LogP contribution in [0, 0.1) is 5.16 Å². The maximum atomic E-state index is 10.4. The molecule has 0 amide bonds. The van der Waals surface area contributed by atoms with Crippen molar-refractivity contribution in [2.24, 2.45) is 0 Å². The van der Waals surface area contributed by atoms with Crippen LogP contribution in [0.2, 0.25) is 6.32 Å². The highest BCUT2D eigenvalue weighted by Crippen LogP contribution is 1.93. The highest BCUT2D eigenvalue weighted by molar-refractivity contribution is 7.61. The van der Waals surface area contributed by atoms with E-state index >= 15 is 0 Å². The second-order valence-electron chi connectivity index (χ2n) is 1.47. The van der Waals surface area contributed by atoms with E-state index in [2.05, 4.69) is 11.3 Å². The highest BCUT2D eigenvalue weighted by Gasteiger charge is 1.93. The molecule has 0 aliphatic heterocycles. The fourth-order valence-corrected chi connectivity index (χ4v) is 0.570. The van der Waals surface area contributed by atoms with Gasteiger partial charge in [-0.1, -0.05) is 14.8 Å². The Bertz CT molecular complexity index is 140. The average Bonchev–Trinajstić information content (AvgIpc) is 1.98. The first-order valence-electron chi connectivity index (χ1n) is 2.78. The first-order chi connectivity index (χ1) is 4.81. The van der Waals surface area contributed by atoms with Crippen molar-refractivity contribution >= 4 is 21.2 Å². The normalized spacial score (nSPS) is 8.80. The Labute approximate surface area is 62.3 Å². The van der Waals surface area contributed by atoms with Crippen molar-refractivity contribution in [3.8, 4) is 0 Å². The van der Waals surface area contributed by atoms with Crippen LogP contribution in [0.25, 0.3) is 0 Å². The summed E-state index contributed by atoms with van der Waals surface area (Å²) < 4.78 is 4.62. The molecule has 0 saturated carbocycles.